The van der Waals surface area contributed by atoms with E-state index < -0.39 is 6.10 Å². The molecule has 0 bridgehead atoms. The van der Waals surface area contributed by atoms with Gasteiger partial charge in [-0.2, -0.15) is 11.8 Å². The highest BCUT2D eigenvalue weighted by Crippen LogP contribution is 2.31. The summed E-state index contributed by atoms with van der Waals surface area (Å²) in [6, 6.07) is 4.71. The average molecular weight is 269 g/mol. The molecule has 0 aromatic heterocycles. The van der Waals surface area contributed by atoms with Crippen LogP contribution in [0.4, 0.5) is 10.1 Å². The van der Waals surface area contributed by atoms with E-state index in [2.05, 4.69) is 11.8 Å². The lowest BCUT2D eigenvalue weighted by molar-refractivity contribution is 0.199. The zero-order chi connectivity index (χ0) is 13.1. The number of aliphatic hydroxyl groups is 1. The van der Waals surface area contributed by atoms with Crippen molar-refractivity contribution in [1.29, 1.82) is 0 Å². The van der Waals surface area contributed by atoms with Crippen molar-refractivity contribution in [2.75, 3.05) is 23.7 Å². The predicted molar refractivity (Wildman–Crippen MR) is 75.8 cm³/mol. The molecule has 1 aromatic rings. The average Bonchev–Trinajstić information content (AvgIpc) is 2.38. The molecule has 0 radical (unpaired) electrons. The number of hydrogen-bond acceptors (Lipinski definition) is 3. The van der Waals surface area contributed by atoms with Crippen molar-refractivity contribution in [1.82, 2.24) is 0 Å². The largest absolute Gasteiger partial charge is 0.389 e. The Labute approximate surface area is 112 Å². The first kappa shape index (κ1) is 13.7. The van der Waals surface area contributed by atoms with Gasteiger partial charge in [0, 0.05) is 35.3 Å². The SMILES string of the molecule is CCC1CN(c2ccc(F)cc2[C@H](C)O)CCS1. The number of aliphatic hydroxyl groups excluding tert-OH is 1. The molecule has 2 rings (SSSR count). The number of thioether (sulfide) groups is 1. The molecule has 1 N–H and O–H groups in total. The van der Waals surface area contributed by atoms with Crippen LogP contribution >= 0.6 is 11.8 Å². The van der Waals surface area contributed by atoms with Crippen LogP contribution in [-0.4, -0.2) is 29.2 Å². The molecule has 1 heterocycles. The van der Waals surface area contributed by atoms with Gasteiger partial charge in [0.2, 0.25) is 0 Å². The van der Waals surface area contributed by atoms with Crippen molar-refractivity contribution >= 4 is 17.4 Å². The summed E-state index contributed by atoms with van der Waals surface area (Å²) in [6.07, 6.45) is 0.511. The molecule has 1 aliphatic rings. The second-order valence-electron chi connectivity index (χ2n) is 4.73. The molecule has 0 spiro atoms. The summed E-state index contributed by atoms with van der Waals surface area (Å²) < 4.78 is 13.3. The molecular weight excluding hydrogens is 249 g/mol. The Bertz CT molecular complexity index is 411. The van der Waals surface area contributed by atoms with Crippen LogP contribution in [0.25, 0.3) is 0 Å². The Morgan fingerprint density at radius 2 is 2.33 bits per heavy atom. The number of rotatable bonds is 3. The summed E-state index contributed by atoms with van der Waals surface area (Å²) in [5.41, 5.74) is 1.67. The molecule has 1 aromatic carbocycles. The molecule has 0 saturated carbocycles. The third-order valence-corrected chi connectivity index (χ3v) is 4.75. The number of halogens is 1. The number of anilines is 1. The van der Waals surface area contributed by atoms with Crippen LogP contribution in [0, 0.1) is 5.82 Å². The van der Waals surface area contributed by atoms with Gasteiger partial charge in [0.05, 0.1) is 6.10 Å². The Morgan fingerprint density at radius 1 is 1.56 bits per heavy atom. The lowest BCUT2D eigenvalue weighted by Gasteiger charge is -2.35. The molecule has 1 aliphatic heterocycles. The van der Waals surface area contributed by atoms with Gasteiger partial charge in [-0.15, -0.1) is 0 Å². The minimum absolute atomic E-state index is 0.284. The smallest absolute Gasteiger partial charge is 0.123 e. The van der Waals surface area contributed by atoms with E-state index >= 15 is 0 Å². The van der Waals surface area contributed by atoms with Gasteiger partial charge < -0.3 is 10.0 Å². The molecule has 100 valence electrons. The minimum Gasteiger partial charge on any atom is -0.389 e. The summed E-state index contributed by atoms with van der Waals surface area (Å²) in [4.78, 5) is 2.27. The standard InChI is InChI=1S/C14H20FNOS/c1-3-12-9-16(6-7-18-12)14-5-4-11(15)8-13(14)10(2)17/h4-5,8,10,12,17H,3,6-7,9H2,1-2H3/t10-,12?/m0/s1. The second kappa shape index (κ2) is 5.93. The molecule has 1 saturated heterocycles. The van der Waals surface area contributed by atoms with Gasteiger partial charge in [0.1, 0.15) is 5.82 Å². The highest BCUT2D eigenvalue weighted by atomic mass is 32.2. The molecule has 0 aliphatic carbocycles. The first-order valence-electron chi connectivity index (χ1n) is 6.46. The first-order valence-corrected chi connectivity index (χ1v) is 7.50. The van der Waals surface area contributed by atoms with Crippen molar-refractivity contribution in [3.05, 3.63) is 29.6 Å². The zero-order valence-electron chi connectivity index (χ0n) is 10.9. The van der Waals surface area contributed by atoms with Gasteiger partial charge in [0.25, 0.3) is 0 Å². The van der Waals surface area contributed by atoms with Crippen molar-refractivity contribution in [3.8, 4) is 0 Å². The Balaban J connectivity index is 2.26. The fourth-order valence-electron chi connectivity index (χ4n) is 2.33. The van der Waals surface area contributed by atoms with E-state index in [1.807, 2.05) is 11.8 Å². The zero-order valence-corrected chi connectivity index (χ0v) is 11.7. The molecule has 2 atom stereocenters. The summed E-state index contributed by atoms with van der Waals surface area (Å²) in [6.45, 7) is 5.83. The third-order valence-electron chi connectivity index (χ3n) is 3.37. The van der Waals surface area contributed by atoms with Gasteiger partial charge in [-0.25, -0.2) is 4.39 Å². The Morgan fingerprint density at radius 3 is 3.00 bits per heavy atom. The van der Waals surface area contributed by atoms with E-state index in [-0.39, 0.29) is 5.82 Å². The predicted octanol–water partition coefficient (Wildman–Crippen LogP) is 3.21. The number of nitrogens with zero attached hydrogens (tertiary/aromatic N) is 1. The lowest BCUT2D eigenvalue weighted by atomic mass is 10.1. The quantitative estimate of drug-likeness (QED) is 0.911. The van der Waals surface area contributed by atoms with Crippen LogP contribution in [-0.2, 0) is 0 Å². The van der Waals surface area contributed by atoms with Gasteiger partial charge in [0.15, 0.2) is 0 Å². The fraction of sp³-hybridized carbons (Fsp3) is 0.571. The van der Waals surface area contributed by atoms with Crippen molar-refractivity contribution in [3.63, 3.8) is 0 Å². The van der Waals surface area contributed by atoms with Crippen LogP contribution in [0.5, 0.6) is 0 Å². The monoisotopic (exact) mass is 269 g/mol. The van der Waals surface area contributed by atoms with Crippen LogP contribution < -0.4 is 4.90 Å². The third kappa shape index (κ3) is 2.98. The maximum atomic E-state index is 13.3. The van der Waals surface area contributed by atoms with E-state index in [1.54, 1.807) is 13.0 Å². The summed E-state index contributed by atoms with van der Waals surface area (Å²) >= 11 is 2.00. The van der Waals surface area contributed by atoms with E-state index in [0.717, 1.165) is 31.0 Å². The van der Waals surface area contributed by atoms with Crippen molar-refractivity contribution in [2.45, 2.75) is 31.6 Å². The van der Waals surface area contributed by atoms with Crippen LogP contribution in [0.1, 0.15) is 31.9 Å². The van der Waals surface area contributed by atoms with Crippen LogP contribution in [0.15, 0.2) is 18.2 Å². The topological polar surface area (TPSA) is 23.5 Å². The highest BCUT2D eigenvalue weighted by Gasteiger charge is 2.22. The van der Waals surface area contributed by atoms with E-state index in [1.165, 1.54) is 12.1 Å². The van der Waals surface area contributed by atoms with Gasteiger partial charge >= 0.3 is 0 Å². The summed E-state index contributed by atoms with van der Waals surface area (Å²) in [5.74, 6) is 0.808. The summed E-state index contributed by atoms with van der Waals surface area (Å²) in [7, 11) is 0. The molecule has 18 heavy (non-hydrogen) atoms. The van der Waals surface area contributed by atoms with E-state index in [0.29, 0.717) is 10.8 Å². The summed E-state index contributed by atoms with van der Waals surface area (Å²) in [5, 5.41) is 10.4. The fourth-order valence-corrected chi connectivity index (χ4v) is 3.51. The molecule has 1 fully saturated rings. The minimum atomic E-state index is -0.634. The maximum absolute atomic E-state index is 13.3. The molecular formula is C14H20FNOS. The van der Waals surface area contributed by atoms with Crippen molar-refractivity contribution in [2.24, 2.45) is 0 Å². The van der Waals surface area contributed by atoms with E-state index in [4.69, 9.17) is 0 Å². The van der Waals surface area contributed by atoms with Crippen LogP contribution in [0.2, 0.25) is 0 Å². The number of benzene rings is 1. The van der Waals surface area contributed by atoms with Crippen LogP contribution in [0.3, 0.4) is 0 Å². The van der Waals surface area contributed by atoms with Crippen molar-refractivity contribution < 1.29 is 9.50 Å². The Kier molecular flexibility index (Phi) is 4.51. The maximum Gasteiger partial charge on any atom is 0.123 e. The molecule has 0 amide bonds. The van der Waals surface area contributed by atoms with Gasteiger partial charge in [-0.3, -0.25) is 0 Å². The highest BCUT2D eigenvalue weighted by molar-refractivity contribution is 8.00. The van der Waals surface area contributed by atoms with E-state index in [9.17, 15) is 9.50 Å². The normalized spacial score (nSPS) is 22.0. The Hall–Kier alpha value is -0.740. The first-order chi connectivity index (χ1) is 8.61. The van der Waals surface area contributed by atoms with Gasteiger partial charge in [-0.1, -0.05) is 6.92 Å². The number of hydrogen-bond donors (Lipinski definition) is 1. The molecule has 2 nitrogen and oxygen atoms in total. The van der Waals surface area contributed by atoms with Gasteiger partial charge in [-0.05, 0) is 31.5 Å². The molecule has 4 heteroatoms. The lowest BCUT2D eigenvalue weighted by Crippen LogP contribution is -2.38. The molecule has 1 unspecified atom stereocenters. The second-order valence-corrected chi connectivity index (χ2v) is 6.13.